The van der Waals surface area contributed by atoms with Gasteiger partial charge in [0.2, 0.25) is 5.60 Å². The lowest BCUT2D eigenvalue weighted by Gasteiger charge is -2.37. The second-order valence-corrected chi connectivity index (χ2v) is 16.5. The number of Topliss-reactive ketones (excluding diaryl/α,β-unsaturated/α-hetero) is 2. The number of quaternary nitrogens is 1. The van der Waals surface area contributed by atoms with Crippen LogP contribution in [0.15, 0.2) is 0 Å². The monoisotopic (exact) mass is 707 g/mol. The van der Waals surface area contributed by atoms with Gasteiger partial charge in [0, 0.05) is 12.8 Å². The Morgan fingerprint density at radius 2 is 0.938 bits per heavy atom. The minimum Gasteiger partial charge on any atom is -0.394 e. The van der Waals surface area contributed by atoms with Crippen LogP contribution in [0.3, 0.4) is 0 Å². The molecule has 0 spiro atoms. The molecular formula is C38H77NO8P+. The predicted molar refractivity (Wildman–Crippen MR) is 197 cm³/mol. The maximum atomic E-state index is 13.9. The van der Waals surface area contributed by atoms with Gasteiger partial charge >= 0.3 is 7.82 Å². The summed E-state index contributed by atoms with van der Waals surface area (Å²) in [5, 5.41) is 18.8. The standard InChI is InChI=1S/C38H76NO8P/c1-6-8-10-12-14-16-18-20-22-24-26-28-30-36(42)38(34-39(3,4)5,47-48(44,45)46-33-35(41)32-40)37(43)31-29-27-25-23-21-19-17-15-13-11-9-7-2/h35,40-41H,6-34H2,1-5H3/p+1/t35-/m1/s1. The molecule has 10 heteroatoms. The summed E-state index contributed by atoms with van der Waals surface area (Å²) in [4.78, 5) is 38.5. The van der Waals surface area contributed by atoms with E-state index in [1.165, 1.54) is 103 Å². The Hall–Kier alpha value is -0.670. The third-order valence-corrected chi connectivity index (χ3v) is 10.0. The van der Waals surface area contributed by atoms with Crippen molar-refractivity contribution < 1.29 is 42.8 Å². The van der Waals surface area contributed by atoms with Crippen molar-refractivity contribution in [3.8, 4) is 0 Å². The van der Waals surface area contributed by atoms with Gasteiger partial charge in [0.1, 0.15) is 12.6 Å². The van der Waals surface area contributed by atoms with Crippen molar-refractivity contribution in [2.24, 2.45) is 0 Å². The lowest BCUT2D eigenvalue weighted by Crippen LogP contribution is -2.59. The summed E-state index contributed by atoms with van der Waals surface area (Å²) in [7, 11) is 0.494. The highest BCUT2D eigenvalue weighted by Crippen LogP contribution is 2.49. The van der Waals surface area contributed by atoms with Crippen LogP contribution in [-0.4, -0.2) is 83.8 Å². The van der Waals surface area contributed by atoms with Crippen LogP contribution in [0.25, 0.3) is 0 Å². The van der Waals surface area contributed by atoms with E-state index in [0.29, 0.717) is 12.8 Å². The Morgan fingerprint density at radius 1 is 0.625 bits per heavy atom. The maximum absolute atomic E-state index is 13.9. The number of hydrogen-bond acceptors (Lipinski definition) is 7. The number of carbonyl (C=O) groups excluding carboxylic acids is 2. The maximum Gasteiger partial charge on any atom is 0.473 e. The molecule has 1 unspecified atom stereocenters. The molecule has 0 saturated heterocycles. The van der Waals surface area contributed by atoms with Gasteiger partial charge in [0.05, 0.1) is 34.4 Å². The Morgan fingerprint density at radius 3 is 1.23 bits per heavy atom. The van der Waals surface area contributed by atoms with Crippen LogP contribution in [0.4, 0.5) is 0 Å². The molecule has 3 N–H and O–H groups in total. The number of aliphatic hydroxyl groups is 2. The predicted octanol–water partition coefficient (Wildman–Crippen LogP) is 9.24. The van der Waals surface area contributed by atoms with Crippen LogP contribution < -0.4 is 0 Å². The number of aliphatic hydroxyl groups excluding tert-OH is 2. The third kappa shape index (κ3) is 25.3. The zero-order valence-corrected chi connectivity index (χ0v) is 32.8. The highest BCUT2D eigenvalue weighted by Gasteiger charge is 2.54. The Bertz CT molecular complexity index is 807. The molecule has 9 nitrogen and oxygen atoms in total. The summed E-state index contributed by atoms with van der Waals surface area (Å²) >= 11 is 0. The van der Waals surface area contributed by atoms with E-state index in [0.717, 1.165) is 38.5 Å². The molecule has 0 saturated carbocycles. The quantitative estimate of drug-likeness (QED) is 0.0254. The highest BCUT2D eigenvalue weighted by atomic mass is 31.2. The van der Waals surface area contributed by atoms with Gasteiger partial charge in [0.25, 0.3) is 0 Å². The first kappa shape index (κ1) is 47.3. The van der Waals surface area contributed by atoms with Gasteiger partial charge in [-0.1, -0.05) is 155 Å². The van der Waals surface area contributed by atoms with Gasteiger partial charge in [-0.3, -0.25) is 18.6 Å². The fraction of sp³-hybridized carbons (Fsp3) is 0.947. The summed E-state index contributed by atoms with van der Waals surface area (Å²) in [5.74, 6) is -0.987. The van der Waals surface area contributed by atoms with E-state index < -0.39 is 44.3 Å². The number of unbranched alkanes of at least 4 members (excludes halogenated alkanes) is 22. The second kappa shape index (κ2) is 29.0. The topological polar surface area (TPSA) is 130 Å². The van der Waals surface area contributed by atoms with Crippen molar-refractivity contribution in [3.05, 3.63) is 0 Å². The minimum atomic E-state index is -4.94. The molecule has 0 aliphatic rings. The van der Waals surface area contributed by atoms with Gasteiger partial charge < -0.3 is 19.6 Å². The first-order valence-corrected chi connectivity index (χ1v) is 21.2. The minimum absolute atomic E-state index is 0.0703. The van der Waals surface area contributed by atoms with Crippen molar-refractivity contribution >= 4 is 19.4 Å². The van der Waals surface area contributed by atoms with Crippen molar-refractivity contribution in [3.63, 3.8) is 0 Å². The summed E-state index contributed by atoms with van der Waals surface area (Å²) in [6.45, 7) is 3.02. The van der Waals surface area contributed by atoms with Gasteiger partial charge in [-0.25, -0.2) is 4.57 Å². The van der Waals surface area contributed by atoms with Gasteiger partial charge in [0.15, 0.2) is 11.6 Å². The van der Waals surface area contributed by atoms with Gasteiger partial charge in [-0.05, 0) is 12.8 Å². The molecule has 0 fully saturated rings. The average molecular weight is 707 g/mol. The van der Waals surface area contributed by atoms with E-state index in [1.54, 1.807) is 0 Å². The smallest absolute Gasteiger partial charge is 0.394 e. The zero-order valence-electron chi connectivity index (χ0n) is 31.9. The molecule has 2 atom stereocenters. The Kier molecular flexibility index (Phi) is 28.6. The molecule has 0 radical (unpaired) electrons. The van der Waals surface area contributed by atoms with Crippen molar-refractivity contribution in [2.75, 3.05) is 40.9 Å². The normalized spacial score (nSPS) is 14.2. The van der Waals surface area contributed by atoms with Crippen LogP contribution in [0.1, 0.15) is 181 Å². The Labute approximate surface area is 295 Å². The molecular weight excluding hydrogens is 629 g/mol. The van der Waals surface area contributed by atoms with E-state index in [2.05, 4.69) is 13.8 Å². The fourth-order valence-corrected chi connectivity index (χ4v) is 7.31. The molecule has 0 amide bonds. The van der Waals surface area contributed by atoms with Crippen LogP contribution in [0.2, 0.25) is 0 Å². The first-order valence-electron chi connectivity index (χ1n) is 19.7. The SMILES string of the molecule is CCCCCCCCCCCCCCC(=O)C(C[N+](C)(C)C)(OP(=O)(O)OC[C@H](O)CO)C(=O)CCCCCCCCCCCCCC. The summed E-state index contributed by atoms with van der Waals surface area (Å²) in [6, 6.07) is 0. The van der Waals surface area contributed by atoms with E-state index in [4.69, 9.17) is 14.2 Å². The first-order chi connectivity index (χ1) is 22.8. The largest absolute Gasteiger partial charge is 0.473 e. The molecule has 0 aliphatic heterocycles. The van der Waals surface area contributed by atoms with Crippen molar-refractivity contribution in [2.45, 2.75) is 192 Å². The number of carbonyl (C=O) groups is 2. The van der Waals surface area contributed by atoms with Gasteiger partial charge in [-0.15, -0.1) is 0 Å². The van der Waals surface area contributed by atoms with E-state index in [-0.39, 0.29) is 23.9 Å². The molecule has 0 aromatic rings. The van der Waals surface area contributed by atoms with Crippen molar-refractivity contribution in [1.29, 1.82) is 0 Å². The van der Waals surface area contributed by atoms with Crippen LogP contribution in [0.5, 0.6) is 0 Å². The van der Waals surface area contributed by atoms with Crippen molar-refractivity contribution in [1.82, 2.24) is 0 Å². The van der Waals surface area contributed by atoms with E-state index >= 15 is 0 Å². The molecule has 0 aromatic heterocycles. The average Bonchev–Trinajstić information content (AvgIpc) is 3.03. The summed E-state index contributed by atoms with van der Waals surface area (Å²) in [6.07, 6.45) is 26.2. The lowest BCUT2D eigenvalue weighted by molar-refractivity contribution is -0.874. The zero-order chi connectivity index (χ0) is 36.2. The molecule has 0 heterocycles. The number of likely N-dealkylation sites (N-methyl/N-ethyl adjacent to an activating group) is 1. The number of rotatable bonds is 36. The van der Waals surface area contributed by atoms with Crippen LogP contribution in [-0.2, 0) is 23.2 Å². The number of nitrogens with zero attached hydrogens (tertiary/aromatic N) is 1. The second-order valence-electron chi connectivity index (χ2n) is 15.1. The summed E-state index contributed by atoms with van der Waals surface area (Å²) < 4.78 is 23.8. The molecule has 286 valence electrons. The molecule has 0 aliphatic carbocycles. The molecule has 0 rings (SSSR count). The molecule has 0 bridgehead atoms. The van der Waals surface area contributed by atoms with Gasteiger partial charge in [-0.2, -0.15) is 0 Å². The molecule has 48 heavy (non-hydrogen) atoms. The fourth-order valence-electron chi connectivity index (χ4n) is 6.24. The molecule has 0 aromatic carbocycles. The van der Waals surface area contributed by atoms with E-state index in [1.807, 2.05) is 21.1 Å². The highest BCUT2D eigenvalue weighted by molar-refractivity contribution is 7.47. The van der Waals surface area contributed by atoms with Crippen LogP contribution in [0, 0.1) is 0 Å². The number of phosphoric ester groups is 1. The third-order valence-electron chi connectivity index (χ3n) is 9.02. The number of ketones is 2. The number of phosphoric acid groups is 1. The number of hydrogen-bond donors (Lipinski definition) is 3. The van der Waals surface area contributed by atoms with E-state index in [9.17, 15) is 24.2 Å². The lowest BCUT2D eigenvalue weighted by atomic mass is 9.86. The Balaban J connectivity index is 5.19. The van der Waals surface area contributed by atoms with Crippen LogP contribution >= 0.6 is 7.82 Å². The summed E-state index contributed by atoms with van der Waals surface area (Å²) in [5.41, 5.74) is -2.14.